The minimum Gasteiger partial charge on any atom is -0.353 e. The second kappa shape index (κ2) is 8.97. The lowest BCUT2D eigenvalue weighted by atomic mass is 10.0. The van der Waals surface area contributed by atoms with Gasteiger partial charge in [0.1, 0.15) is 0 Å². The second-order valence-corrected chi connectivity index (χ2v) is 5.14. The third-order valence-corrected chi connectivity index (χ3v) is 3.68. The Bertz CT molecular complexity index is 239. The summed E-state index contributed by atoms with van der Waals surface area (Å²) in [5.74, 6) is 0.231. The minimum atomic E-state index is 0. The standard InChI is InChI=1S/C12H23N3O.2ClH/c1-15-7-4-10(5-8-15)14-12(16)9-11-3-2-6-13-11;;/h10-11,13H,2-9H2,1H3,(H,14,16);2*1H. The van der Waals surface area contributed by atoms with Gasteiger partial charge in [-0.3, -0.25) is 4.79 Å². The Kier molecular flexibility index (Phi) is 8.95. The number of carbonyl (C=O) groups is 1. The van der Waals surface area contributed by atoms with Gasteiger partial charge in [-0.2, -0.15) is 0 Å². The van der Waals surface area contributed by atoms with E-state index in [4.69, 9.17) is 0 Å². The number of hydrogen-bond acceptors (Lipinski definition) is 3. The molecular formula is C12H25Cl2N3O. The predicted octanol–water partition coefficient (Wildman–Crippen LogP) is 1.18. The molecule has 1 atom stereocenters. The van der Waals surface area contributed by atoms with Crippen molar-refractivity contribution in [3.8, 4) is 0 Å². The summed E-state index contributed by atoms with van der Waals surface area (Å²) in [6.45, 7) is 3.28. The third kappa shape index (κ3) is 5.74. The summed E-state index contributed by atoms with van der Waals surface area (Å²) >= 11 is 0. The molecule has 18 heavy (non-hydrogen) atoms. The maximum absolute atomic E-state index is 11.8. The molecule has 1 amide bonds. The van der Waals surface area contributed by atoms with Crippen LogP contribution in [-0.4, -0.2) is 49.6 Å². The number of nitrogens with one attached hydrogen (secondary N) is 2. The van der Waals surface area contributed by atoms with E-state index in [1.807, 2.05) is 0 Å². The van der Waals surface area contributed by atoms with E-state index in [-0.39, 0.29) is 30.7 Å². The summed E-state index contributed by atoms with van der Waals surface area (Å²) in [7, 11) is 2.14. The van der Waals surface area contributed by atoms with Crippen molar-refractivity contribution in [1.82, 2.24) is 15.5 Å². The summed E-state index contributed by atoms with van der Waals surface area (Å²) in [6, 6.07) is 0.830. The van der Waals surface area contributed by atoms with E-state index >= 15 is 0 Å². The largest absolute Gasteiger partial charge is 0.353 e. The Morgan fingerprint density at radius 2 is 1.94 bits per heavy atom. The lowest BCUT2D eigenvalue weighted by Crippen LogP contribution is -2.44. The van der Waals surface area contributed by atoms with Crippen LogP contribution in [0.5, 0.6) is 0 Å². The topological polar surface area (TPSA) is 44.4 Å². The molecule has 2 heterocycles. The van der Waals surface area contributed by atoms with Gasteiger partial charge < -0.3 is 15.5 Å². The average Bonchev–Trinajstić information content (AvgIpc) is 2.74. The highest BCUT2D eigenvalue weighted by Crippen LogP contribution is 2.11. The van der Waals surface area contributed by atoms with Crippen molar-refractivity contribution in [1.29, 1.82) is 0 Å². The monoisotopic (exact) mass is 297 g/mol. The second-order valence-electron chi connectivity index (χ2n) is 5.14. The highest BCUT2D eigenvalue weighted by Gasteiger charge is 2.21. The Morgan fingerprint density at radius 3 is 2.50 bits per heavy atom. The molecule has 2 saturated heterocycles. The van der Waals surface area contributed by atoms with Gasteiger partial charge in [-0.15, -0.1) is 24.8 Å². The van der Waals surface area contributed by atoms with Gasteiger partial charge >= 0.3 is 0 Å². The van der Waals surface area contributed by atoms with Gasteiger partial charge in [0.15, 0.2) is 0 Å². The van der Waals surface area contributed by atoms with Crippen LogP contribution in [0.1, 0.15) is 32.1 Å². The predicted molar refractivity (Wildman–Crippen MR) is 78.8 cm³/mol. The van der Waals surface area contributed by atoms with E-state index in [2.05, 4.69) is 22.6 Å². The molecule has 0 saturated carbocycles. The van der Waals surface area contributed by atoms with E-state index in [1.54, 1.807) is 0 Å². The summed E-state index contributed by atoms with van der Waals surface area (Å²) in [5.41, 5.74) is 0. The molecule has 0 bridgehead atoms. The Hall–Kier alpha value is -0.0300. The highest BCUT2D eigenvalue weighted by atomic mass is 35.5. The minimum absolute atomic E-state index is 0. The van der Waals surface area contributed by atoms with Gasteiger partial charge in [0.2, 0.25) is 5.91 Å². The molecule has 0 aromatic rings. The van der Waals surface area contributed by atoms with Crippen molar-refractivity contribution >= 4 is 30.7 Å². The summed E-state index contributed by atoms with van der Waals surface area (Å²) in [5, 5.41) is 6.52. The van der Waals surface area contributed by atoms with Gasteiger partial charge in [-0.05, 0) is 52.4 Å². The van der Waals surface area contributed by atoms with E-state index in [9.17, 15) is 4.79 Å². The maximum Gasteiger partial charge on any atom is 0.221 e. The summed E-state index contributed by atoms with van der Waals surface area (Å²) < 4.78 is 0. The van der Waals surface area contributed by atoms with Crippen LogP contribution in [0, 0.1) is 0 Å². The van der Waals surface area contributed by atoms with Crippen LogP contribution >= 0.6 is 24.8 Å². The normalized spacial score (nSPS) is 25.1. The van der Waals surface area contributed by atoms with Crippen LogP contribution in [0.2, 0.25) is 0 Å². The van der Waals surface area contributed by atoms with Crippen LogP contribution in [0.4, 0.5) is 0 Å². The average molecular weight is 298 g/mol. The fourth-order valence-corrected chi connectivity index (χ4v) is 2.59. The van der Waals surface area contributed by atoms with Crippen LogP contribution in [0.25, 0.3) is 0 Å². The van der Waals surface area contributed by atoms with Crippen molar-refractivity contribution in [2.75, 3.05) is 26.7 Å². The molecule has 2 aliphatic rings. The van der Waals surface area contributed by atoms with Crippen LogP contribution in [0.15, 0.2) is 0 Å². The quantitative estimate of drug-likeness (QED) is 0.822. The lowest BCUT2D eigenvalue weighted by Gasteiger charge is -2.29. The molecule has 6 heteroatoms. The molecule has 4 nitrogen and oxygen atoms in total. The Morgan fingerprint density at radius 1 is 1.28 bits per heavy atom. The maximum atomic E-state index is 11.8. The molecular weight excluding hydrogens is 273 g/mol. The van der Waals surface area contributed by atoms with E-state index < -0.39 is 0 Å². The van der Waals surface area contributed by atoms with Crippen molar-refractivity contribution in [2.24, 2.45) is 0 Å². The van der Waals surface area contributed by atoms with Crippen LogP contribution < -0.4 is 10.6 Å². The zero-order valence-electron chi connectivity index (χ0n) is 11.0. The molecule has 0 aliphatic carbocycles. The number of halogens is 2. The Labute approximate surface area is 122 Å². The number of carbonyl (C=O) groups excluding carboxylic acids is 1. The fourth-order valence-electron chi connectivity index (χ4n) is 2.59. The molecule has 2 fully saturated rings. The van der Waals surface area contributed by atoms with Gasteiger partial charge in [0.25, 0.3) is 0 Å². The van der Waals surface area contributed by atoms with Gasteiger partial charge in [0.05, 0.1) is 0 Å². The molecule has 0 radical (unpaired) electrons. The molecule has 2 N–H and O–H groups in total. The van der Waals surface area contributed by atoms with E-state index in [0.29, 0.717) is 18.5 Å². The number of rotatable bonds is 3. The van der Waals surface area contributed by atoms with Crippen LogP contribution in [-0.2, 0) is 4.79 Å². The van der Waals surface area contributed by atoms with E-state index in [1.165, 1.54) is 6.42 Å². The molecule has 0 aromatic carbocycles. The molecule has 2 aliphatic heterocycles. The van der Waals surface area contributed by atoms with E-state index in [0.717, 1.165) is 38.9 Å². The number of piperidine rings is 1. The fraction of sp³-hybridized carbons (Fsp3) is 0.917. The smallest absolute Gasteiger partial charge is 0.221 e. The van der Waals surface area contributed by atoms with Crippen molar-refractivity contribution < 1.29 is 4.79 Å². The molecule has 0 aromatic heterocycles. The highest BCUT2D eigenvalue weighted by molar-refractivity contribution is 5.85. The Balaban J connectivity index is 0.00000144. The van der Waals surface area contributed by atoms with Crippen molar-refractivity contribution in [3.05, 3.63) is 0 Å². The lowest BCUT2D eigenvalue weighted by molar-refractivity contribution is -0.122. The number of nitrogens with zero attached hydrogens (tertiary/aromatic N) is 1. The zero-order valence-corrected chi connectivity index (χ0v) is 12.6. The number of likely N-dealkylation sites (tertiary alicyclic amines) is 1. The van der Waals surface area contributed by atoms with Crippen LogP contribution in [0.3, 0.4) is 0 Å². The first-order chi connectivity index (χ1) is 7.74. The van der Waals surface area contributed by atoms with Gasteiger partial charge in [0, 0.05) is 18.5 Å². The van der Waals surface area contributed by atoms with Crippen molar-refractivity contribution in [2.45, 2.75) is 44.2 Å². The number of amides is 1. The first kappa shape index (κ1) is 18.0. The molecule has 1 unspecified atom stereocenters. The molecule has 0 spiro atoms. The SMILES string of the molecule is CN1CCC(NC(=O)CC2CCCN2)CC1.Cl.Cl. The first-order valence-corrected chi connectivity index (χ1v) is 6.45. The summed E-state index contributed by atoms with van der Waals surface area (Å²) in [4.78, 5) is 14.1. The van der Waals surface area contributed by atoms with Gasteiger partial charge in [-0.25, -0.2) is 0 Å². The molecule has 2 rings (SSSR count). The summed E-state index contributed by atoms with van der Waals surface area (Å²) in [6.07, 6.45) is 5.22. The first-order valence-electron chi connectivity index (χ1n) is 6.45. The van der Waals surface area contributed by atoms with Gasteiger partial charge in [-0.1, -0.05) is 0 Å². The molecule has 108 valence electrons. The zero-order chi connectivity index (χ0) is 11.4. The number of hydrogen-bond donors (Lipinski definition) is 2. The van der Waals surface area contributed by atoms with Crippen molar-refractivity contribution in [3.63, 3.8) is 0 Å². The third-order valence-electron chi connectivity index (χ3n) is 3.68.